The fourth-order valence-corrected chi connectivity index (χ4v) is 3.35. The van der Waals surface area contributed by atoms with Crippen molar-refractivity contribution in [1.29, 1.82) is 0 Å². The van der Waals surface area contributed by atoms with Crippen molar-refractivity contribution in [2.75, 3.05) is 24.5 Å². The molecule has 1 aromatic heterocycles. The number of hydrogen-bond donors (Lipinski definition) is 1. The zero-order valence-corrected chi connectivity index (χ0v) is 14.3. The van der Waals surface area contributed by atoms with Gasteiger partial charge >= 0.3 is 0 Å². The normalized spacial score (nSPS) is 17.7. The van der Waals surface area contributed by atoms with E-state index in [4.69, 9.17) is 5.73 Å². The lowest BCUT2D eigenvalue weighted by atomic mass is 9.96. The highest BCUT2D eigenvalue weighted by Gasteiger charge is 2.34. The predicted octanol–water partition coefficient (Wildman–Crippen LogP) is 2.28. The smallest absolute Gasteiger partial charge is 0.252 e. The fourth-order valence-electron chi connectivity index (χ4n) is 3.35. The Morgan fingerprint density at radius 2 is 1.96 bits per heavy atom. The molecule has 24 heavy (non-hydrogen) atoms. The Hall–Kier alpha value is -2.40. The van der Waals surface area contributed by atoms with Crippen LogP contribution in [0.3, 0.4) is 0 Å². The van der Waals surface area contributed by atoms with Gasteiger partial charge in [0.15, 0.2) is 0 Å². The van der Waals surface area contributed by atoms with Gasteiger partial charge in [0.25, 0.3) is 5.91 Å². The largest absolute Gasteiger partial charge is 0.368 e. The Kier molecular flexibility index (Phi) is 4.53. The van der Waals surface area contributed by atoms with Crippen molar-refractivity contribution < 1.29 is 4.79 Å². The Bertz CT molecular complexity index is 714. The summed E-state index contributed by atoms with van der Waals surface area (Å²) in [4.78, 5) is 20.4. The summed E-state index contributed by atoms with van der Waals surface area (Å²) in [5.41, 5.74) is 8.18. The SMILES string of the molecule is CC1(C)CN(c2ccncc2C(N)=O)CCN1Cc1ccccc1. The van der Waals surface area contributed by atoms with Gasteiger partial charge in [0, 0.05) is 44.1 Å². The Morgan fingerprint density at radius 3 is 2.62 bits per heavy atom. The van der Waals surface area contributed by atoms with Crippen LogP contribution in [0.15, 0.2) is 48.8 Å². The zero-order valence-electron chi connectivity index (χ0n) is 14.3. The number of aromatic nitrogens is 1. The predicted molar refractivity (Wildman–Crippen MR) is 95.9 cm³/mol. The van der Waals surface area contributed by atoms with Gasteiger partial charge in [-0.25, -0.2) is 0 Å². The summed E-state index contributed by atoms with van der Waals surface area (Å²) in [6, 6.07) is 12.4. The molecule has 2 N–H and O–H groups in total. The first-order chi connectivity index (χ1) is 11.5. The topological polar surface area (TPSA) is 62.5 Å². The summed E-state index contributed by atoms with van der Waals surface area (Å²) in [6.45, 7) is 8.05. The third kappa shape index (κ3) is 3.41. The molecule has 0 unspecified atom stereocenters. The van der Waals surface area contributed by atoms with Gasteiger partial charge in [0.1, 0.15) is 0 Å². The molecule has 0 radical (unpaired) electrons. The maximum Gasteiger partial charge on any atom is 0.252 e. The number of pyridine rings is 1. The average molecular weight is 324 g/mol. The Labute approximate surface area is 143 Å². The van der Waals surface area contributed by atoms with E-state index in [0.29, 0.717) is 5.56 Å². The van der Waals surface area contributed by atoms with E-state index in [0.717, 1.165) is 31.9 Å². The average Bonchev–Trinajstić information content (AvgIpc) is 2.57. The maximum atomic E-state index is 11.7. The first-order valence-corrected chi connectivity index (χ1v) is 8.25. The fraction of sp³-hybridized carbons (Fsp3) is 0.368. The first-order valence-electron chi connectivity index (χ1n) is 8.25. The van der Waals surface area contributed by atoms with Crippen molar-refractivity contribution >= 4 is 11.6 Å². The summed E-state index contributed by atoms with van der Waals surface area (Å²) in [7, 11) is 0. The number of amides is 1. The highest BCUT2D eigenvalue weighted by Crippen LogP contribution is 2.28. The second-order valence-corrected chi connectivity index (χ2v) is 6.90. The zero-order chi connectivity index (χ0) is 17.2. The highest BCUT2D eigenvalue weighted by molar-refractivity contribution is 5.98. The van der Waals surface area contributed by atoms with Crippen LogP contribution in [0.5, 0.6) is 0 Å². The molecule has 2 heterocycles. The van der Waals surface area contributed by atoms with E-state index < -0.39 is 5.91 Å². The molecule has 5 heteroatoms. The van der Waals surface area contributed by atoms with E-state index >= 15 is 0 Å². The molecule has 1 fully saturated rings. The van der Waals surface area contributed by atoms with Gasteiger partial charge in [-0.1, -0.05) is 30.3 Å². The van der Waals surface area contributed by atoms with Crippen molar-refractivity contribution in [3.05, 3.63) is 59.9 Å². The van der Waals surface area contributed by atoms with Crippen molar-refractivity contribution in [2.45, 2.75) is 25.9 Å². The number of carbonyl (C=O) groups is 1. The van der Waals surface area contributed by atoms with Crippen LogP contribution in [0.2, 0.25) is 0 Å². The second-order valence-electron chi connectivity index (χ2n) is 6.90. The van der Waals surface area contributed by atoms with E-state index in [2.05, 4.69) is 52.9 Å². The molecule has 0 atom stereocenters. The monoisotopic (exact) mass is 324 g/mol. The first kappa shape index (κ1) is 16.5. The molecule has 5 nitrogen and oxygen atoms in total. The number of benzene rings is 1. The van der Waals surface area contributed by atoms with Gasteiger partial charge in [-0.2, -0.15) is 0 Å². The van der Waals surface area contributed by atoms with Crippen LogP contribution in [0.25, 0.3) is 0 Å². The molecular weight excluding hydrogens is 300 g/mol. The minimum absolute atomic E-state index is 0.00766. The molecule has 3 rings (SSSR count). The third-order valence-electron chi connectivity index (χ3n) is 4.69. The van der Waals surface area contributed by atoms with Crippen molar-refractivity contribution in [1.82, 2.24) is 9.88 Å². The lowest BCUT2D eigenvalue weighted by Gasteiger charge is -2.48. The maximum absolute atomic E-state index is 11.7. The van der Waals surface area contributed by atoms with Gasteiger partial charge in [-0.3, -0.25) is 14.7 Å². The van der Waals surface area contributed by atoms with E-state index in [1.165, 1.54) is 5.56 Å². The lowest BCUT2D eigenvalue weighted by molar-refractivity contribution is 0.0951. The van der Waals surface area contributed by atoms with E-state index in [9.17, 15) is 4.79 Å². The molecular formula is C19H24N4O. The van der Waals surface area contributed by atoms with Gasteiger partial charge in [0.2, 0.25) is 0 Å². The summed E-state index contributed by atoms with van der Waals surface area (Å²) >= 11 is 0. The quantitative estimate of drug-likeness (QED) is 0.937. The van der Waals surface area contributed by atoms with Crippen LogP contribution >= 0.6 is 0 Å². The standard InChI is InChI=1S/C19H24N4O/c1-19(2)14-22(17-8-9-21-12-16(17)18(20)24)10-11-23(19)13-15-6-4-3-5-7-15/h3-9,12H,10-11,13-14H2,1-2H3,(H2,20,24). The third-order valence-corrected chi connectivity index (χ3v) is 4.69. The molecule has 1 amide bonds. The summed E-state index contributed by atoms with van der Waals surface area (Å²) < 4.78 is 0. The molecule has 0 saturated carbocycles. The molecule has 1 aliphatic heterocycles. The number of anilines is 1. The van der Waals surface area contributed by atoms with E-state index in [1.54, 1.807) is 12.4 Å². The number of rotatable bonds is 4. The van der Waals surface area contributed by atoms with E-state index in [1.807, 2.05) is 12.1 Å². The van der Waals surface area contributed by atoms with Crippen LogP contribution in [-0.2, 0) is 6.54 Å². The van der Waals surface area contributed by atoms with Crippen LogP contribution < -0.4 is 10.6 Å². The summed E-state index contributed by atoms with van der Waals surface area (Å²) in [5, 5.41) is 0. The van der Waals surface area contributed by atoms with Crippen LogP contribution in [0, 0.1) is 0 Å². The van der Waals surface area contributed by atoms with Gasteiger partial charge < -0.3 is 10.6 Å². The number of nitrogens with two attached hydrogens (primary N) is 1. The van der Waals surface area contributed by atoms with Gasteiger partial charge in [0.05, 0.1) is 11.3 Å². The molecule has 0 aliphatic carbocycles. The molecule has 2 aromatic rings. The lowest BCUT2D eigenvalue weighted by Crippen LogP contribution is -2.59. The number of carbonyl (C=O) groups excluding carboxylic acids is 1. The van der Waals surface area contributed by atoms with Crippen LogP contribution in [-0.4, -0.2) is 41.0 Å². The summed E-state index contributed by atoms with van der Waals surface area (Å²) in [5.74, 6) is -0.428. The minimum Gasteiger partial charge on any atom is -0.368 e. The van der Waals surface area contributed by atoms with Crippen molar-refractivity contribution in [2.24, 2.45) is 5.73 Å². The molecule has 1 aliphatic rings. The molecule has 0 spiro atoms. The number of piperazine rings is 1. The minimum atomic E-state index is -0.428. The number of hydrogen-bond acceptors (Lipinski definition) is 4. The molecule has 0 bridgehead atoms. The Balaban J connectivity index is 1.78. The molecule has 1 saturated heterocycles. The molecule has 126 valence electrons. The van der Waals surface area contributed by atoms with E-state index in [-0.39, 0.29) is 5.54 Å². The van der Waals surface area contributed by atoms with Crippen molar-refractivity contribution in [3.63, 3.8) is 0 Å². The van der Waals surface area contributed by atoms with Crippen LogP contribution in [0.4, 0.5) is 5.69 Å². The van der Waals surface area contributed by atoms with Crippen molar-refractivity contribution in [3.8, 4) is 0 Å². The van der Waals surface area contributed by atoms with Gasteiger partial charge in [-0.15, -0.1) is 0 Å². The molecule has 1 aromatic carbocycles. The highest BCUT2D eigenvalue weighted by atomic mass is 16.1. The number of nitrogens with zero attached hydrogens (tertiary/aromatic N) is 3. The summed E-state index contributed by atoms with van der Waals surface area (Å²) in [6.07, 6.45) is 3.27. The van der Waals surface area contributed by atoms with Crippen LogP contribution in [0.1, 0.15) is 29.8 Å². The van der Waals surface area contributed by atoms with Gasteiger partial charge in [-0.05, 0) is 25.5 Å². The number of primary amides is 1. The second kappa shape index (κ2) is 6.61. The Morgan fingerprint density at radius 1 is 1.21 bits per heavy atom.